The fraction of sp³-hybridized carbons (Fsp3) is 0.917. The molecule has 0 rings (SSSR count). The van der Waals surface area contributed by atoms with E-state index in [9.17, 15) is 30.0 Å². The molecule has 6 N–H and O–H groups in total. The van der Waals surface area contributed by atoms with Crippen LogP contribution in [-0.2, 0) is 9.59 Å². The minimum absolute atomic E-state index is 0.134. The summed E-state index contributed by atoms with van der Waals surface area (Å²) in [7, 11) is 0. The number of amides is 2. The second-order valence-electron chi connectivity index (χ2n) is 8.79. The number of hydrogen-bond donors (Lipinski definition) is 6. The van der Waals surface area contributed by atoms with Crippen molar-refractivity contribution >= 4 is 11.8 Å². The van der Waals surface area contributed by atoms with Gasteiger partial charge in [-0.3, -0.25) is 14.9 Å². The fourth-order valence-corrected chi connectivity index (χ4v) is 3.61. The lowest BCUT2D eigenvalue weighted by Gasteiger charge is -2.24. The number of unbranched alkanes of at least 4 members (excludes halogenated alkanes) is 14. The molecule has 0 saturated heterocycles. The summed E-state index contributed by atoms with van der Waals surface area (Å²) in [6, 6.07) is 0. The number of aliphatic hydroxyl groups excluding tert-OH is 5. The maximum atomic E-state index is 11.8. The monoisotopic (exact) mass is 461 g/mol. The lowest BCUT2D eigenvalue weighted by Crippen LogP contribution is -2.52. The number of imide groups is 1. The van der Waals surface area contributed by atoms with Gasteiger partial charge in [0.25, 0.3) is 5.91 Å². The second kappa shape index (κ2) is 20.5. The normalized spacial score (nSPS) is 15.2. The third-order valence-corrected chi connectivity index (χ3v) is 5.79. The Hall–Kier alpha value is -1.06. The van der Waals surface area contributed by atoms with Gasteiger partial charge in [-0.25, -0.2) is 0 Å². The predicted octanol–water partition coefficient (Wildman–Crippen LogP) is 2.33. The van der Waals surface area contributed by atoms with Crippen molar-refractivity contribution in [3.05, 3.63) is 0 Å². The molecular formula is C24H47NO7. The number of aliphatic hydroxyl groups is 5. The molecule has 0 aliphatic heterocycles. The summed E-state index contributed by atoms with van der Waals surface area (Å²) >= 11 is 0. The first-order chi connectivity index (χ1) is 15.3. The number of carbonyl (C=O) groups is 2. The lowest BCUT2D eigenvalue weighted by atomic mass is 10.0. The topological polar surface area (TPSA) is 147 Å². The van der Waals surface area contributed by atoms with Gasteiger partial charge in [0.15, 0.2) is 6.10 Å². The summed E-state index contributed by atoms with van der Waals surface area (Å²) in [4.78, 5) is 23.6. The summed E-state index contributed by atoms with van der Waals surface area (Å²) in [5.74, 6) is -1.71. The predicted molar refractivity (Wildman–Crippen MR) is 124 cm³/mol. The van der Waals surface area contributed by atoms with Crippen LogP contribution in [-0.4, -0.2) is 68.4 Å². The van der Waals surface area contributed by atoms with E-state index in [0.717, 1.165) is 19.3 Å². The van der Waals surface area contributed by atoms with Gasteiger partial charge < -0.3 is 25.5 Å². The molecular weight excluding hydrogens is 414 g/mol. The van der Waals surface area contributed by atoms with Gasteiger partial charge in [0.05, 0.1) is 6.61 Å². The van der Waals surface area contributed by atoms with Gasteiger partial charge in [-0.1, -0.05) is 96.8 Å². The Morgan fingerprint density at radius 1 is 0.656 bits per heavy atom. The molecule has 0 heterocycles. The van der Waals surface area contributed by atoms with Crippen molar-refractivity contribution in [3.63, 3.8) is 0 Å². The van der Waals surface area contributed by atoms with Crippen LogP contribution in [0.25, 0.3) is 0 Å². The molecule has 0 aromatic carbocycles. The Bertz CT molecular complexity index is 475. The van der Waals surface area contributed by atoms with Crippen LogP contribution in [0.4, 0.5) is 0 Å². The zero-order chi connectivity index (χ0) is 24.2. The molecule has 190 valence electrons. The van der Waals surface area contributed by atoms with Crippen molar-refractivity contribution in [1.82, 2.24) is 5.32 Å². The molecule has 0 unspecified atom stereocenters. The molecule has 0 aromatic heterocycles. The highest BCUT2D eigenvalue weighted by atomic mass is 16.4. The van der Waals surface area contributed by atoms with Gasteiger partial charge in [0.2, 0.25) is 5.91 Å². The highest BCUT2D eigenvalue weighted by Crippen LogP contribution is 2.13. The van der Waals surface area contributed by atoms with Gasteiger partial charge in [-0.2, -0.15) is 0 Å². The van der Waals surface area contributed by atoms with Gasteiger partial charge in [0.1, 0.15) is 18.3 Å². The first kappa shape index (κ1) is 30.9. The van der Waals surface area contributed by atoms with Crippen molar-refractivity contribution in [2.75, 3.05) is 6.61 Å². The van der Waals surface area contributed by atoms with Crippen molar-refractivity contribution in [3.8, 4) is 0 Å². The average Bonchev–Trinajstić information content (AvgIpc) is 2.79. The molecule has 0 bridgehead atoms. The number of carbonyl (C=O) groups excluding carboxylic acids is 2. The van der Waals surface area contributed by atoms with Crippen LogP contribution >= 0.6 is 0 Å². The number of nitrogens with one attached hydrogen (secondary N) is 1. The summed E-state index contributed by atoms with van der Waals surface area (Å²) in [6.45, 7) is 1.40. The van der Waals surface area contributed by atoms with Crippen LogP contribution in [0.3, 0.4) is 0 Å². The van der Waals surface area contributed by atoms with Gasteiger partial charge in [0, 0.05) is 6.42 Å². The quantitative estimate of drug-likeness (QED) is 0.144. The van der Waals surface area contributed by atoms with E-state index in [-0.39, 0.29) is 6.42 Å². The third kappa shape index (κ3) is 15.7. The Labute approximate surface area is 193 Å². The highest BCUT2D eigenvalue weighted by Gasteiger charge is 2.34. The molecule has 0 fully saturated rings. The summed E-state index contributed by atoms with van der Waals surface area (Å²) in [5.41, 5.74) is 0. The van der Waals surface area contributed by atoms with Gasteiger partial charge in [-0.05, 0) is 6.42 Å². The Morgan fingerprint density at radius 2 is 1.06 bits per heavy atom. The minimum Gasteiger partial charge on any atom is -0.394 e. The Kier molecular flexibility index (Phi) is 19.9. The van der Waals surface area contributed by atoms with Crippen LogP contribution < -0.4 is 5.32 Å². The molecule has 2 amide bonds. The molecule has 0 aromatic rings. The minimum atomic E-state index is -2.09. The van der Waals surface area contributed by atoms with Crippen molar-refractivity contribution < 1.29 is 35.1 Å². The second-order valence-corrected chi connectivity index (χ2v) is 8.79. The van der Waals surface area contributed by atoms with Crippen LogP contribution in [0.5, 0.6) is 0 Å². The van der Waals surface area contributed by atoms with Crippen LogP contribution in [0, 0.1) is 0 Å². The van der Waals surface area contributed by atoms with E-state index in [1.54, 1.807) is 0 Å². The van der Waals surface area contributed by atoms with Crippen LogP contribution in [0.15, 0.2) is 0 Å². The Morgan fingerprint density at radius 3 is 1.47 bits per heavy atom. The van der Waals surface area contributed by atoms with Crippen LogP contribution in [0.1, 0.15) is 110 Å². The highest BCUT2D eigenvalue weighted by molar-refractivity contribution is 5.97. The SMILES string of the molecule is CCCCCCCCCCCCCCCCCC(=O)NC(=O)[C@H](O)[C@@H](O)[C@H](O)[C@H](O)CO. The zero-order valence-electron chi connectivity index (χ0n) is 19.9. The zero-order valence-corrected chi connectivity index (χ0v) is 19.9. The molecule has 8 heteroatoms. The van der Waals surface area contributed by atoms with E-state index < -0.39 is 42.8 Å². The smallest absolute Gasteiger partial charge is 0.258 e. The fourth-order valence-electron chi connectivity index (χ4n) is 3.61. The molecule has 4 atom stereocenters. The van der Waals surface area contributed by atoms with Crippen molar-refractivity contribution in [2.24, 2.45) is 0 Å². The summed E-state index contributed by atoms with van der Waals surface area (Å²) in [6.07, 6.45) is 10.6. The number of rotatable bonds is 21. The van der Waals surface area contributed by atoms with E-state index in [1.165, 1.54) is 70.6 Å². The van der Waals surface area contributed by atoms with E-state index >= 15 is 0 Å². The maximum Gasteiger partial charge on any atom is 0.258 e. The lowest BCUT2D eigenvalue weighted by molar-refractivity contribution is -0.151. The summed E-state index contributed by atoms with van der Waals surface area (Å²) in [5, 5.41) is 48.8. The molecule has 0 aliphatic carbocycles. The van der Waals surface area contributed by atoms with E-state index in [4.69, 9.17) is 5.11 Å². The standard InChI is InChI=1S/C24H47NO7/c1-2-3-4-5-6-7-8-9-10-11-12-13-14-15-16-17-20(28)25-24(32)23(31)22(30)21(29)19(27)18-26/h19,21-23,26-27,29-31H,2-18H2,1H3,(H,25,28,32)/t19-,21-,22+,23-/m1/s1. The molecule has 0 aliphatic rings. The van der Waals surface area contributed by atoms with E-state index in [1.807, 2.05) is 5.32 Å². The van der Waals surface area contributed by atoms with E-state index in [0.29, 0.717) is 6.42 Å². The maximum absolute atomic E-state index is 11.8. The van der Waals surface area contributed by atoms with Crippen molar-refractivity contribution in [2.45, 2.75) is 134 Å². The van der Waals surface area contributed by atoms with Crippen LogP contribution in [0.2, 0.25) is 0 Å². The largest absolute Gasteiger partial charge is 0.394 e. The molecule has 8 nitrogen and oxygen atoms in total. The first-order valence-corrected chi connectivity index (χ1v) is 12.5. The first-order valence-electron chi connectivity index (χ1n) is 12.5. The third-order valence-electron chi connectivity index (χ3n) is 5.79. The Balaban J connectivity index is 3.62. The van der Waals surface area contributed by atoms with Gasteiger partial charge in [-0.15, -0.1) is 0 Å². The average molecular weight is 462 g/mol. The molecule has 0 radical (unpaired) electrons. The summed E-state index contributed by atoms with van der Waals surface area (Å²) < 4.78 is 0. The number of hydrogen-bond acceptors (Lipinski definition) is 7. The molecule has 0 saturated carbocycles. The molecule has 32 heavy (non-hydrogen) atoms. The van der Waals surface area contributed by atoms with Crippen molar-refractivity contribution in [1.29, 1.82) is 0 Å². The van der Waals surface area contributed by atoms with E-state index in [2.05, 4.69) is 6.92 Å². The van der Waals surface area contributed by atoms with Gasteiger partial charge >= 0.3 is 0 Å². The molecule has 0 spiro atoms.